The zero-order valence-corrected chi connectivity index (χ0v) is 20.2. The standard InChI is InChI=1S/C24H14Cl4N2O4/c25-15-2-5-17(6-3-15)30-23(32)18(22(31)29-24(30)33)11-14-10-16(26)4-8-21(14)34-12-13-1-7-19(27)20(28)9-13/h1-11H,12H2,(H,29,31,33)/b18-11+. The molecule has 172 valence electrons. The molecule has 0 atom stereocenters. The topological polar surface area (TPSA) is 75.7 Å². The van der Waals surface area contributed by atoms with Crippen LogP contribution < -0.4 is 15.0 Å². The van der Waals surface area contributed by atoms with E-state index in [1.807, 2.05) is 0 Å². The molecule has 3 aromatic carbocycles. The van der Waals surface area contributed by atoms with E-state index >= 15 is 0 Å². The summed E-state index contributed by atoms with van der Waals surface area (Å²) >= 11 is 24.0. The summed E-state index contributed by atoms with van der Waals surface area (Å²) in [7, 11) is 0. The smallest absolute Gasteiger partial charge is 0.335 e. The van der Waals surface area contributed by atoms with Crippen molar-refractivity contribution in [3.8, 4) is 5.75 Å². The van der Waals surface area contributed by atoms with Crippen molar-refractivity contribution in [2.45, 2.75) is 6.61 Å². The Morgan fingerprint density at radius 3 is 2.24 bits per heavy atom. The first-order chi connectivity index (χ1) is 16.2. The van der Waals surface area contributed by atoms with Crippen molar-refractivity contribution in [2.24, 2.45) is 0 Å². The summed E-state index contributed by atoms with van der Waals surface area (Å²) in [5.74, 6) is -1.28. The van der Waals surface area contributed by atoms with Gasteiger partial charge in [-0.05, 0) is 66.2 Å². The predicted molar refractivity (Wildman–Crippen MR) is 133 cm³/mol. The van der Waals surface area contributed by atoms with Crippen molar-refractivity contribution in [2.75, 3.05) is 4.90 Å². The van der Waals surface area contributed by atoms with Crippen LogP contribution in [0.2, 0.25) is 20.1 Å². The number of benzene rings is 3. The average Bonchev–Trinajstić information content (AvgIpc) is 2.79. The van der Waals surface area contributed by atoms with Crippen molar-refractivity contribution in [1.29, 1.82) is 0 Å². The minimum Gasteiger partial charge on any atom is -0.488 e. The van der Waals surface area contributed by atoms with Gasteiger partial charge in [0.15, 0.2) is 0 Å². The molecule has 10 heteroatoms. The number of ether oxygens (including phenoxy) is 1. The van der Waals surface area contributed by atoms with Crippen LogP contribution in [0.4, 0.5) is 10.5 Å². The van der Waals surface area contributed by atoms with Gasteiger partial charge < -0.3 is 4.74 Å². The molecule has 0 aliphatic carbocycles. The van der Waals surface area contributed by atoms with Crippen LogP contribution in [-0.4, -0.2) is 17.8 Å². The highest BCUT2D eigenvalue weighted by molar-refractivity contribution is 6.42. The summed E-state index contributed by atoms with van der Waals surface area (Å²) in [4.78, 5) is 38.9. The summed E-state index contributed by atoms with van der Waals surface area (Å²) in [5, 5.41) is 3.78. The number of amides is 4. The molecule has 1 aliphatic rings. The molecule has 0 bridgehead atoms. The van der Waals surface area contributed by atoms with Gasteiger partial charge in [-0.2, -0.15) is 0 Å². The maximum atomic E-state index is 13.1. The second kappa shape index (κ2) is 10.1. The third-order valence-electron chi connectivity index (χ3n) is 4.84. The molecular weight excluding hydrogens is 522 g/mol. The number of urea groups is 1. The van der Waals surface area contributed by atoms with Gasteiger partial charge >= 0.3 is 6.03 Å². The normalized spacial score (nSPS) is 15.0. The number of hydrogen-bond acceptors (Lipinski definition) is 4. The molecule has 1 heterocycles. The molecule has 0 unspecified atom stereocenters. The number of nitrogens with zero attached hydrogens (tertiary/aromatic N) is 1. The molecule has 1 saturated heterocycles. The van der Waals surface area contributed by atoms with Gasteiger partial charge in [-0.1, -0.05) is 52.5 Å². The molecule has 1 N–H and O–H groups in total. The van der Waals surface area contributed by atoms with Gasteiger partial charge in [-0.15, -0.1) is 0 Å². The monoisotopic (exact) mass is 534 g/mol. The first-order valence-electron chi connectivity index (χ1n) is 9.76. The molecule has 1 aliphatic heterocycles. The summed E-state index contributed by atoms with van der Waals surface area (Å²) in [6, 6.07) is 15.0. The molecule has 3 aromatic rings. The molecule has 0 aromatic heterocycles. The largest absolute Gasteiger partial charge is 0.488 e. The number of barbiturate groups is 1. The summed E-state index contributed by atoms with van der Waals surface area (Å²) in [6.45, 7) is 0.143. The van der Waals surface area contributed by atoms with Crippen LogP contribution in [-0.2, 0) is 16.2 Å². The van der Waals surface area contributed by atoms with E-state index < -0.39 is 17.8 Å². The molecule has 6 nitrogen and oxygen atoms in total. The molecule has 0 saturated carbocycles. The highest BCUT2D eigenvalue weighted by Crippen LogP contribution is 2.30. The van der Waals surface area contributed by atoms with Crippen LogP contribution in [0, 0.1) is 0 Å². The Balaban J connectivity index is 1.66. The molecule has 1 fully saturated rings. The fourth-order valence-electron chi connectivity index (χ4n) is 3.19. The van der Waals surface area contributed by atoms with E-state index in [4.69, 9.17) is 51.1 Å². The van der Waals surface area contributed by atoms with Gasteiger partial charge in [-0.3, -0.25) is 14.9 Å². The molecule has 4 amide bonds. The third-order valence-corrected chi connectivity index (χ3v) is 6.06. The van der Waals surface area contributed by atoms with Gasteiger partial charge in [0.2, 0.25) is 0 Å². The van der Waals surface area contributed by atoms with Crippen LogP contribution in [0.5, 0.6) is 5.75 Å². The number of anilines is 1. The van der Waals surface area contributed by atoms with Crippen molar-refractivity contribution >= 4 is 76.0 Å². The third kappa shape index (κ3) is 5.21. The van der Waals surface area contributed by atoms with Crippen LogP contribution in [0.1, 0.15) is 11.1 Å². The van der Waals surface area contributed by atoms with Crippen LogP contribution >= 0.6 is 46.4 Å². The van der Waals surface area contributed by atoms with E-state index in [0.29, 0.717) is 31.4 Å². The SMILES string of the molecule is O=C1NC(=O)N(c2ccc(Cl)cc2)C(=O)/C1=C/c1cc(Cl)ccc1OCc1ccc(Cl)c(Cl)c1. The fourth-order valence-corrected chi connectivity index (χ4v) is 3.82. The minimum atomic E-state index is -0.864. The van der Waals surface area contributed by atoms with Crippen molar-refractivity contribution in [1.82, 2.24) is 5.32 Å². The van der Waals surface area contributed by atoms with E-state index in [0.717, 1.165) is 10.5 Å². The number of nitrogens with one attached hydrogen (secondary N) is 1. The maximum absolute atomic E-state index is 13.1. The van der Waals surface area contributed by atoms with Gasteiger partial charge in [0.1, 0.15) is 17.9 Å². The number of hydrogen-bond donors (Lipinski definition) is 1. The summed E-state index contributed by atoms with van der Waals surface area (Å²) in [5.41, 5.74) is 1.12. The lowest BCUT2D eigenvalue weighted by Crippen LogP contribution is -2.54. The van der Waals surface area contributed by atoms with E-state index in [9.17, 15) is 14.4 Å². The lowest BCUT2D eigenvalue weighted by Gasteiger charge is -2.26. The second-order valence-corrected chi connectivity index (χ2v) is 8.84. The van der Waals surface area contributed by atoms with Crippen LogP contribution in [0.3, 0.4) is 0 Å². The first-order valence-corrected chi connectivity index (χ1v) is 11.3. The Bertz CT molecular complexity index is 1340. The van der Waals surface area contributed by atoms with E-state index in [1.54, 1.807) is 36.4 Å². The number of halogens is 4. The Kier molecular flexibility index (Phi) is 7.14. The Morgan fingerprint density at radius 1 is 0.824 bits per heavy atom. The average molecular weight is 536 g/mol. The lowest BCUT2D eigenvalue weighted by atomic mass is 10.1. The molecule has 4 rings (SSSR count). The van der Waals surface area contributed by atoms with Crippen LogP contribution in [0.15, 0.2) is 66.2 Å². The second-order valence-electron chi connectivity index (χ2n) is 7.15. The van der Waals surface area contributed by atoms with Crippen molar-refractivity contribution in [3.05, 3.63) is 97.5 Å². The Labute approximate surface area is 214 Å². The van der Waals surface area contributed by atoms with Crippen molar-refractivity contribution in [3.63, 3.8) is 0 Å². The van der Waals surface area contributed by atoms with E-state index in [2.05, 4.69) is 5.32 Å². The molecule has 0 radical (unpaired) electrons. The van der Waals surface area contributed by atoms with E-state index in [-0.39, 0.29) is 17.9 Å². The quantitative estimate of drug-likeness (QED) is 0.297. The van der Waals surface area contributed by atoms with Gasteiger partial charge in [0, 0.05) is 15.6 Å². The highest BCUT2D eigenvalue weighted by atomic mass is 35.5. The van der Waals surface area contributed by atoms with Gasteiger partial charge in [0.25, 0.3) is 11.8 Å². The Hall–Kier alpha value is -3.03. The van der Waals surface area contributed by atoms with E-state index in [1.165, 1.54) is 30.3 Å². The Morgan fingerprint density at radius 2 is 1.53 bits per heavy atom. The fraction of sp³-hybridized carbons (Fsp3) is 0.0417. The number of carbonyl (C=O) groups excluding carboxylic acids is 3. The molecule has 34 heavy (non-hydrogen) atoms. The van der Waals surface area contributed by atoms with Gasteiger partial charge in [0.05, 0.1) is 15.7 Å². The molecular formula is C24H14Cl4N2O4. The highest BCUT2D eigenvalue weighted by Gasteiger charge is 2.37. The first kappa shape index (κ1) is 24.1. The lowest BCUT2D eigenvalue weighted by molar-refractivity contribution is -0.122. The zero-order valence-electron chi connectivity index (χ0n) is 17.2. The minimum absolute atomic E-state index is 0.143. The summed E-state index contributed by atoms with van der Waals surface area (Å²) < 4.78 is 5.89. The predicted octanol–water partition coefficient (Wildman–Crippen LogP) is 6.55. The maximum Gasteiger partial charge on any atom is 0.335 e. The van der Waals surface area contributed by atoms with Gasteiger partial charge in [-0.25, -0.2) is 9.69 Å². The van der Waals surface area contributed by atoms with Crippen LogP contribution in [0.25, 0.3) is 6.08 Å². The zero-order chi connectivity index (χ0) is 24.4. The number of imide groups is 2. The number of carbonyl (C=O) groups is 3. The number of rotatable bonds is 5. The summed E-state index contributed by atoms with van der Waals surface area (Å²) in [6.07, 6.45) is 1.32. The van der Waals surface area contributed by atoms with Crippen molar-refractivity contribution < 1.29 is 19.1 Å². The molecule has 0 spiro atoms.